The van der Waals surface area contributed by atoms with Crippen molar-refractivity contribution in [3.63, 3.8) is 0 Å². The molecule has 3 N–H and O–H groups in total. The molecule has 6 heteroatoms. The molecule has 2 aromatic rings. The average Bonchev–Trinajstić information content (AvgIpc) is 2.71. The van der Waals surface area contributed by atoms with Gasteiger partial charge in [0.2, 0.25) is 0 Å². The fraction of sp³-hybridized carbons (Fsp3) is 0.182. The van der Waals surface area contributed by atoms with Crippen molar-refractivity contribution in [2.24, 2.45) is 0 Å². The topological polar surface area (TPSA) is 50.9 Å². The van der Waals surface area contributed by atoms with E-state index in [1.54, 1.807) is 17.5 Å². The van der Waals surface area contributed by atoms with Gasteiger partial charge in [-0.15, -0.1) is 11.3 Å². The minimum atomic E-state index is 0.0116. The first-order valence-corrected chi connectivity index (χ1v) is 6.99. The fourth-order valence-corrected chi connectivity index (χ4v) is 3.36. The van der Waals surface area contributed by atoms with E-state index in [1.165, 1.54) is 0 Å². The highest BCUT2D eigenvalue weighted by Crippen LogP contribution is 2.32. The largest absolute Gasteiger partial charge is 0.383 e. The second kappa shape index (κ2) is 5.35. The molecule has 0 saturated heterocycles. The second-order valence-electron chi connectivity index (χ2n) is 3.52. The molecule has 2 rings (SSSR count). The number of nitrogen functional groups attached to an aromatic ring is 1. The molecule has 0 saturated carbocycles. The standard InChI is InChI=1S/C11H11BrClN3S/c1-15-10(9-2-6(12)5-17-9)8-3-7(13)4-16-11(8)14/h2-5,10,15H,1H3,(H2,14,16). The Hall–Kier alpha value is -0.620. The summed E-state index contributed by atoms with van der Waals surface area (Å²) in [6.07, 6.45) is 1.55. The van der Waals surface area contributed by atoms with Crippen LogP contribution in [-0.4, -0.2) is 12.0 Å². The van der Waals surface area contributed by atoms with Crippen LogP contribution >= 0.6 is 38.9 Å². The van der Waals surface area contributed by atoms with Crippen molar-refractivity contribution in [2.45, 2.75) is 6.04 Å². The van der Waals surface area contributed by atoms with Crippen molar-refractivity contribution in [2.75, 3.05) is 12.8 Å². The highest BCUT2D eigenvalue weighted by Gasteiger charge is 2.17. The number of pyridine rings is 1. The number of halogens is 2. The molecule has 2 aromatic heterocycles. The Bertz CT molecular complexity index is 529. The monoisotopic (exact) mass is 331 g/mol. The summed E-state index contributed by atoms with van der Waals surface area (Å²) < 4.78 is 1.06. The molecular formula is C11H11BrClN3S. The third-order valence-electron chi connectivity index (χ3n) is 2.39. The molecule has 0 radical (unpaired) electrons. The van der Waals surface area contributed by atoms with Crippen LogP contribution in [0.5, 0.6) is 0 Å². The fourth-order valence-electron chi connectivity index (χ4n) is 1.63. The van der Waals surface area contributed by atoms with Crippen LogP contribution in [0.25, 0.3) is 0 Å². The zero-order chi connectivity index (χ0) is 12.4. The Balaban J connectivity index is 2.45. The number of aromatic nitrogens is 1. The highest BCUT2D eigenvalue weighted by molar-refractivity contribution is 9.10. The van der Waals surface area contributed by atoms with Crippen molar-refractivity contribution < 1.29 is 0 Å². The number of hydrogen-bond acceptors (Lipinski definition) is 4. The van der Waals surface area contributed by atoms with Crippen LogP contribution in [0.2, 0.25) is 5.02 Å². The Kier molecular flexibility index (Phi) is 4.04. The van der Waals surface area contributed by atoms with Gasteiger partial charge in [-0.25, -0.2) is 4.98 Å². The van der Waals surface area contributed by atoms with Crippen LogP contribution in [0.1, 0.15) is 16.5 Å². The molecule has 0 aliphatic rings. The van der Waals surface area contributed by atoms with Crippen molar-refractivity contribution >= 4 is 44.7 Å². The van der Waals surface area contributed by atoms with Crippen LogP contribution < -0.4 is 11.1 Å². The summed E-state index contributed by atoms with van der Waals surface area (Å²) in [5.74, 6) is 0.498. The normalized spacial score (nSPS) is 12.6. The number of rotatable bonds is 3. The molecule has 0 aliphatic heterocycles. The summed E-state index contributed by atoms with van der Waals surface area (Å²) in [4.78, 5) is 5.24. The molecule has 0 aromatic carbocycles. The first-order valence-electron chi connectivity index (χ1n) is 4.94. The van der Waals surface area contributed by atoms with E-state index < -0.39 is 0 Å². The maximum Gasteiger partial charge on any atom is 0.128 e. The van der Waals surface area contributed by atoms with Gasteiger partial charge >= 0.3 is 0 Å². The minimum absolute atomic E-state index is 0.0116. The molecule has 0 aliphatic carbocycles. The zero-order valence-electron chi connectivity index (χ0n) is 9.08. The van der Waals surface area contributed by atoms with Crippen LogP contribution in [0.15, 0.2) is 28.2 Å². The summed E-state index contributed by atoms with van der Waals surface area (Å²) in [6.45, 7) is 0. The summed E-state index contributed by atoms with van der Waals surface area (Å²) in [7, 11) is 1.89. The average molecular weight is 333 g/mol. The number of thiophene rings is 1. The highest BCUT2D eigenvalue weighted by atomic mass is 79.9. The summed E-state index contributed by atoms with van der Waals surface area (Å²) in [5, 5.41) is 5.85. The van der Waals surface area contributed by atoms with E-state index in [2.05, 4.69) is 32.3 Å². The smallest absolute Gasteiger partial charge is 0.128 e. The molecular weight excluding hydrogens is 322 g/mol. The van der Waals surface area contributed by atoms with E-state index in [-0.39, 0.29) is 6.04 Å². The molecule has 3 nitrogen and oxygen atoms in total. The Labute approximate surface area is 117 Å². The van der Waals surface area contributed by atoms with Gasteiger partial charge in [-0.3, -0.25) is 0 Å². The predicted molar refractivity (Wildman–Crippen MR) is 76.6 cm³/mol. The van der Waals surface area contributed by atoms with Gasteiger partial charge in [-0.1, -0.05) is 11.6 Å². The molecule has 2 heterocycles. The molecule has 0 amide bonds. The van der Waals surface area contributed by atoms with Crippen LogP contribution in [-0.2, 0) is 0 Å². The predicted octanol–water partition coefficient (Wildman–Crippen LogP) is 3.45. The Morgan fingerprint density at radius 3 is 2.88 bits per heavy atom. The van der Waals surface area contributed by atoms with Crippen molar-refractivity contribution in [3.05, 3.63) is 43.6 Å². The molecule has 1 atom stereocenters. The van der Waals surface area contributed by atoms with Crippen molar-refractivity contribution in [1.82, 2.24) is 10.3 Å². The van der Waals surface area contributed by atoms with Gasteiger partial charge in [-0.05, 0) is 35.1 Å². The molecule has 17 heavy (non-hydrogen) atoms. The van der Waals surface area contributed by atoms with Gasteiger partial charge < -0.3 is 11.1 Å². The summed E-state index contributed by atoms with van der Waals surface area (Å²) in [5.41, 5.74) is 6.79. The number of nitrogens with one attached hydrogen (secondary N) is 1. The first kappa shape index (κ1) is 12.8. The maximum absolute atomic E-state index is 5.96. The van der Waals surface area contributed by atoms with E-state index in [1.807, 2.05) is 18.5 Å². The van der Waals surface area contributed by atoms with E-state index in [0.29, 0.717) is 10.8 Å². The second-order valence-corrected chi connectivity index (χ2v) is 5.81. The van der Waals surface area contributed by atoms with Crippen LogP contribution in [0.3, 0.4) is 0 Å². The lowest BCUT2D eigenvalue weighted by Gasteiger charge is -2.16. The van der Waals surface area contributed by atoms with E-state index in [9.17, 15) is 0 Å². The lowest BCUT2D eigenvalue weighted by molar-refractivity contribution is 0.703. The molecule has 90 valence electrons. The molecule has 0 bridgehead atoms. The summed E-state index contributed by atoms with van der Waals surface area (Å²) in [6, 6.07) is 3.92. The van der Waals surface area contributed by atoms with Gasteiger partial charge in [-0.2, -0.15) is 0 Å². The Morgan fingerprint density at radius 2 is 2.29 bits per heavy atom. The SMILES string of the molecule is CNC(c1cc(Br)cs1)c1cc(Cl)cnc1N. The lowest BCUT2D eigenvalue weighted by Crippen LogP contribution is -2.18. The number of anilines is 1. The van der Waals surface area contributed by atoms with E-state index in [4.69, 9.17) is 17.3 Å². The molecule has 0 spiro atoms. The summed E-state index contributed by atoms with van der Waals surface area (Å²) >= 11 is 11.1. The van der Waals surface area contributed by atoms with Gasteiger partial charge in [0.15, 0.2) is 0 Å². The van der Waals surface area contributed by atoms with Crippen molar-refractivity contribution in [1.29, 1.82) is 0 Å². The number of nitrogens with zero attached hydrogens (tertiary/aromatic N) is 1. The molecule has 0 fully saturated rings. The maximum atomic E-state index is 5.96. The van der Waals surface area contributed by atoms with Gasteiger partial charge in [0.25, 0.3) is 0 Å². The zero-order valence-corrected chi connectivity index (χ0v) is 12.2. The van der Waals surface area contributed by atoms with Crippen molar-refractivity contribution in [3.8, 4) is 0 Å². The minimum Gasteiger partial charge on any atom is -0.383 e. The molecule has 1 unspecified atom stereocenters. The third-order valence-corrected chi connectivity index (χ3v) is 4.35. The van der Waals surface area contributed by atoms with E-state index >= 15 is 0 Å². The third kappa shape index (κ3) is 2.80. The van der Waals surface area contributed by atoms with Gasteiger partial charge in [0.1, 0.15) is 5.82 Å². The quantitative estimate of drug-likeness (QED) is 0.905. The van der Waals surface area contributed by atoms with Crippen LogP contribution in [0, 0.1) is 0 Å². The van der Waals surface area contributed by atoms with E-state index in [0.717, 1.165) is 14.9 Å². The first-order chi connectivity index (χ1) is 8.11. The lowest BCUT2D eigenvalue weighted by atomic mass is 10.1. The van der Waals surface area contributed by atoms with Gasteiger partial charge in [0.05, 0.1) is 11.1 Å². The number of hydrogen-bond donors (Lipinski definition) is 2. The number of nitrogens with two attached hydrogens (primary N) is 1. The Morgan fingerprint density at radius 1 is 1.53 bits per heavy atom. The van der Waals surface area contributed by atoms with Crippen LogP contribution in [0.4, 0.5) is 5.82 Å². The van der Waals surface area contributed by atoms with Gasteiger partial charge in [0, 0.05) is 26.5 Å².